The van der Waals surface area contributed by atoms with Crippen LogP contribution in [0.4, 0.5) is 11.4 Å². The highest BCUT2D eigenvalue weighted by Crippen LogP contribution is 2.27. The van der Waals surface area contributed by atoms with Crippen LogP contribution in [0.2, 0.25) is 0 Å². The van der Waals surface area contributed by atoms with Gasteiger partial charge >= 0.3 is 0 Å². The number of aryl methyl sites for hydroxylation is 1. The molecule has 0 saturated carbocycles. The van der Waals surface area contributed by atoms with Crippen LogP contribution in [0.3, 0.4) is 0 Å². The van der Waals surface area contributed by atoms with E-state index in [9.17, 15) is 9.59 Å². The maximum Gasteiger partial charge on any atom is 0.227 e. The van der Waals surface area contributed by atoms with Crippen LogP contribution in [-0.2, 0) is 16.1 Å². The average Bonchev–Trinajstić information content (AvgIpc) is 3.03. The Morgan fingerprint density at radius 1 is 1.12 bits per heavy atom. The van der Waals surface area contributed by atoms with Crippen molar-refractivity contribution in [1.29, 1.82) is 0 Å². The minimum Gasteiger partial charge on any atom is -0.378 e. The Labute approximate surface area is 154 Å². The molecule has 1 aliphatic rings. The number of benzene rings is 2. The Bertz CT molecular complexity index is 782. The Hall–Kier alpha value is -2.82. The van der Waals surface area contributed by atoms with Crippen LogP contribution < -0.4 is 15.1 Å². The van der Waals surface area contributed by atoms with Crippen molar-refractivity contribution in [3.63, 3.8) is 0 Å². The van der Waals surface area contributed by atoms with Crippen LogP contribution in [-0.4, -0.2) is 32.5 Å². The van der Waals surface area contributed by atoms with E-state index in [1.54, 1.807) is 4.90 Å². The third kappa shape index (κ3) is 4.04. The van der Waals surface area contributed by atoms with Crippen LogP contribution in [0, 0.1) is 12.8 Å². The van der Waals surface area contributed by atoms with Crippen molar-refractivity contribution in [1.82, 2.24) is 5.32 Å². The first kappa shape index (κ1) is 18.0. The van der Waals surface area contributed by atoms with E-state index >= 15 is 0 Å². The van der Waals surface area contributed by atoms with Gasteiger partial charge in [-0.1, -0.05) is 29.8 Å². The van der Waals surface area contributed by atoms with Gasteiger partial charge in [-0.2, -0.15) is 0 Å². The maximum absolute atomic E-state index is 12.5. The predicted molar refractivity (Wildman–Crippen MR) is 104 cm³/mol. The Morgan fingerprint density at radius 2 is 1.77 bits per heavy atom. The summed E-state index contributed by atoms with van der Waals surface area (Å²) in [4.78, 5) is 28.5. The summed E-state index contributed by atoms with van der Waals surface area (Å²) in [6, 6.07) is 15.9. The fourth-order valence-corrected chi connectivity index (χ4v) is 3.10. The highest BCUT2D eigenvalue weighted by atomic mass is 16.2. The van der Waals surface area contributed by atoms with Crippen molar-refractivity contribution >= 4 is 23.2 Å². The minimum atomic E-state index is -0.304. The largest absolute Gasteiger partial charge is 0.378 e. The number of rotatable bonds is 5. The first-order valence-corrected chi connectivity index (χ1v) is 8.85. The number of carbonyl (C=O) groups excluding carboxylic acids is 2. The van der Waals surface area contributed by atoms with Crippen molar-refractivity contribution in [2.75, 3.05) is 30.4 Å². The highest BCUT2D eigenvalue weighted by molar-refractivity contribution is 6.00. The lowest BCUT2D eigenvalue weighted by Crippen LogP contribution is -2.32. The van der Waals surface area contributed by atoms with E-state index in [1.165, 1.54) is 5.56 Å². The lowest BCUT2D eigenvalue weighted by molar-refractivity contribution is -0.126. The monoisotopic (exact) mass is 351 g/mol. The molecule has 2 aromatic rings. The van der Waals surface area contributed by atoms with Gasteiger partial charge in [-0.15, -0.1) is 0 Å². The molecular formula is C21H25N3O2. The summed E-state index contributed by atoms with van der Waals surface area (Å²) in [6.07, 6.45) is 0.259. The van der Waals surface area contributed by atoms with E-state index in [0.29, 0.717) is 13.1 Å². The molecule has 2 aromatic carbocycles. The average molecular weight is 351 g/mol. The molecule has 1 saturated heterocycles. The molecule has 136 valence electrons. The van der Waals surface area contributed by atoms with Crippen molar-refractivity contribution < 1.29 is 9.59 Å². The van der Waals surface area contributed by atoms with Gasteiger partial charge in [-0.25, -0.2) is 0 Å². The first-order chi connectivity index (χ1) is 12.4. The molecule has 3 rings (SSSR count). The number of nitrogens with one attached hydrogen (secondary N) is 1. The summed E-state index contributed by atoms with van der Waals surface area (Å²) >= 11 is 0. The lowest BCUT2D eigenvalue weighted by atomic mass is 10.1. The standard InChI is InChI=1S/C21H25N3O2/c1-15-4-6-16(7-5-15)13-22-21(26)17-12-20(25)24(14-17)19-10-8-18(9-11-19)23(2)3/h4-11,17H,12-14H2,1-3H3,(H,22,26). The molecule has 0 spiro atoms. The molecule has 1 heterocycles. The van der Waals surface area contributed by atoms with Crippen LogP contribution in [0.25, 0.3) is 0 Å². The predicted octanol–water partition coefficient (Wildman–Crippen LogP) is 2.73. The van der Waals surface area contributed by atoms with Crippen LogP contribution in [0.1, 0.15) is 17.5 Å². The third-order valence-corrected chi connectivity index (χ3v) is 4.76. The summed E-state index contributed by atoms with van der Waals surface area (Å²) in [6.45, 7) is 2.95. The number of hydrogen-bond donors (Lipinski definition) is 1. The molecule has 0 radical (unpaired) electrons. The molecule has 0 bridgehead atoms. The molecule has 1 atom stereocenters. The molecule has 1 aliphatic heterocycles. The zero-order valence-corrected chi connectivity index (χ0v) is 15.5. The molecule has 1 N–H and O–H groups in total. The van der Waals surface area contributed by atoms with Crippen LogP contribution in [0.5, 0.6) is 0 Å². The van der Waals surface area contributed by atoms with E-state index < -0.39 is 0 Å². The normalized spacial score (nSPS) is 16.7. The van der Waals surface area contributed by atoms with Crippen LogP contribution >= 0.6 is 0 Å². The van der Waals surface area contributed by atoms with Crippen molar-refractivity contribution in [2.45, 2.75) is 19.9 Å². The van der Waals surface area contributed by atoms with E-state index in [4.69, 9.17) is 0 Å². The van der Waals surface area contributed by atoms with E-state index in [-0.39, 0.29) is 24.2 Å². The molecule has 1 unspecified atom stereocenters. The first-order valence-electron chi connectivity index (χ1n) is 8.85. The maximum atomic E-state index is 12.5. The summed E-state index contributed by atoms with van der Waals surface area (Å²) in [7, 11) is 3.95. The zero-order valence-electron chi connectivity index (χ0n) is 15.5. The van der Waals surface area contributed by atoms with Gasteiger partial charge < -0.3 is 15.1 Å². The lowest BCUT2D eigenvalue weighted by Gasteiger charge is -2.19. The number of hydrogen-bond acceptors (Lipinski definition) is 3. The zero-order chi connectivity index (χ0) is 18.7. The summed E-state index contributed by atoms with van der Waals surface area (Å²) in [5, 5.41) is 2.95. The number of anilines is 2. The van der Waals surface area contributed by atoms with Gasteiger partial charge in [-0.05, 0) is 36.8 Å². The Morgan fingerprint density at radius 3 is 2.38 bits per heavy atom. The second kappa shape index (κ2) is 7.60. The summed E-state index contributed by atoms with van der Waals surface area (Å²) in [5.41, 5.74) is 4.17. The topological polar surface area (TPSA) is 52.7 Å². The second-order valence-electron chi connectivity index (χ2n) is 7.02. The Balaban J connectivity index is 1.59. The Kier molecular flexibility index (Phi) is 5.26. The van der Waals surface area contributed by atoms with Gasteiger partial charge in [0.2, 0.25) is 11.8 Å². The van der Waals surface area contributed by atoms with Gasteiger partial charge in [0.05, 0.1) is 5.92 Å². The summed E-state index contributed by atoms with van der Waals surface area (Å²) in [5.74, 6) is -0.370. The molecule has 0 aliphatic carbocycles. The van der Waals surface area contributed by atoms with E-state index in [2.05, 4.69) is 5.32 Å². The summed E-state index contributed by atoms with van der Waals surface area (Å²) < 4.78 is 0. The van der Waals surface area contributed by atoms with E-state index in [1.807, 2.05) is 74.4 Å². The highest BCUT2D eigenvalue weighted by Gasteiger charge is 2.34. The smallest absolute Gasteiger partial charge is 0.227 e. The van der Waals surface area contributed by atoms with Crippen LogP contribution in [0.15, 0.2) is 48.5 Å². The fourth-order valence-electron chi connectivity index (χ4n) is 3.10. The molecule has 5 nitrogen and oxygen atoms in total. The molecular weight excluding hydrogens is 326 g/mol. The molecule has 5 heteroatoms. The third-order valence-electron chi connectivity index (χ3n) is 4.76. The van der Waals surface area contributed by atoms with Crippen molar-refractivity contribution in [3.8, 4) is 0 Å². The number of carbonyl (C=O) groups is 2. The fraction of sp³-hybridized carbons (Fsp3) is 0.333. The van der Waals surface area contributed by atoms with Gasteiger partial charge in [0.1, 0.15) is 0 Å². The SMILES string of the molecule is Cc1ccc(CNC(=O)C2CC(=O)N(c3ccc(N(C)C)cc3)C2)cc1. The number of amides is 2. The minimum absolute atomic E-state index is 0.00177. The van der Waals surface area contributed by atoms with Gasteiger partial charge in [0.15, 0.2) is 0 Å². The van der Waals surface area contributed by atoms with Gasteiger partial charge in [0.25, 0.3) is 0 Å². The molecule has 1 fully saturated rings. The molecule has 2 amide bonds. The van der Waals surface area contributed by atoms with Crippen molar-refractivity contribution in [3.05, 3.63) is 59.7 Å². The molecule has 0 aromatic heterocycles. The van der Waals surface area contributed by atoms with Gasteiger partial charge in [-0.3, -0.25) is 9.59 Å². The second-order valence-corrected chi connectivity index (χ2v) is 7.02. The quantitative estimate of drug-likeness (QED) is 0.901. The van der Waals surface area contributed by atoms with Gasteiger partial charge in [0, 0.05) is 45.0 Å². The number of nitrogens with zero attached hydrogens (tertiary/aromatic N) is 2. The molecule has 26 heavy (non-hydrogen) atoms. The van der Waals surface area contributed by atoms with Crippen molar-refractivity contribution in [2.24, 2.45) is 5.92 Å². The van der Waals surface area contributed by atoms with E-state index in [0.717, 1.165) is 16.9 Å².